The van der Waals surface area contributed by atoms with E-state index in [-0.39, 0.29) is 36.4 Å². The molecule has 1 amide bonds. The first kappa shape index (κ1) is 35.0. The molecule has 5 atom stereocenters. The largest absolute Gasteiger partial charge is 0.508 e. The van der Waals surface area contributed by atoms with Crippen LogP contribution in [0.4, 0.5) is 0 Å². The van der Waals surface area contributed by atoms with Crippen molar-refractivity contribution in [3.8, 4) is 16.9 Å². The number of rotatable bonds is 12. The number of phenolic OH excluding ortho intramolecular Hbond substituents is 1. The molecule has 0 spiro atoms. The lowest BCUT2D eigenvalue weighted by Gasteiger charge is -2.42. The van der Waals surface area contributed by atoms with Crippen LogP contribution in [0.15, 0.2) is 127 Å². The second kappa shape index (κ2) is 16.3. The zero-order chi connectivity index (χ0) is 35.0. The first-order valence-corrected chi connectivity index (χ1v) is 17.0. The molecule has 0 aliphatic carbocycles. The summed E-state index contributed by atoms with van der Waals surface area (Å²) in [6.07, 6.45) is -1.89. The molecule has 0 saturated carbocycles. The molecule has 6 rings (SSSR count). The molecule has 0 radical (unpaired) electrons. The van der Waals surface area contributed by atoms with Crippen LogP contribution in [-0.4, -0.2) is 52.4 Å². The van der Waals surface area contributed by atoms with Gasteiger partial charge in [-0.25, -0.2) is 0 Å². The van der Waals surface area contributed by atoms with Crippen molar-refractivity contribution in [3.05, 3.63) is 161 Å². The molecule has 1 aliphatic rings. The summed E-state index contributed by atoms with van der Waals surface area (Å²) in [5.74, 6) is -0.00696. The normalized spacial score (nSPS) is 19.6. The molecule has 50 heavy (non-hydrogen) atoms. The molecule has 0 aromatic heterocycles. The van der Waals surface area contributed by atoms with E-state index in [0.717, 1.165) is 33.4 Å². The number of nitrogens with one attached hydrogen (secondary N) is 1. The van der Waals surface area contributed by atoms with Gasteiger partial charge in [0.1, 0.15) is 5.75 Å². The molecule has 1 saturated heterocycles. The van der Waals surface area contributed by atoms with Crippen molar-refractivity contribution in [2.45, 2.75) is 44.7 Å². The predicted molar refractivity (Wildman–Crippen MR) is 193 cm³/mol. The minimum atomic E-state index is -0.772. The van der Waals surface area contributed by atoms with Crippen molar-refractivity contribution in [3.63, 3.8) is 0 Å². The van der Waals surface area contributed by atoms with Crippen LogP contribution in [0, 0.1) is 5.92 Å². The molecule has 5 aromatic rings. The highest BCUT2D eigenvalue weighted by Gasteiger charge is 2.39. The van der Waals surface area contributed by atoms with Crippen LogP contribution in [0.2, 0.25) is 0 Å². The molecule has 0 unspecified atom stereocenters. The fraction of sp³-hybridized carbons (Fsp3) is 0.262. The van der Waals surface area contributed by atoms with Crippen molar-refractivity contribution >= 4 is 5.91 Å². The van der Waals surface area contributed by atoms with E-state index in [1.165, 1.54) is 0 Å². The Labute approximate surface area is 293 Å². The highest BCUT2D eigenvalue weighted by Crippen LogP contribution is 2.42. The Bertz CT molecular complexity index is 1850. The summed E-state index contributed by atoms with van der Waals surface area (Å²) in [5, 5.41) is 33.4. The number of carbonyl (C=O) groups excluding carboxylic acids is 1. The monoisotopic (exact) mass is 672 g/mol. The quantitative estimate of drug-likeness (QED) is 0.114. The summed E-state index contributed by atoms with van der Waals surface area (Å²) < 4.78 is 13.3. The lowest BCUT2D eigenvalue weighted by atomic mass is 9.90. The lowest BCUT2D eigenvalue weighted by molar-refractivity contribution is -0.276. The molecule has 1 heterocycles. The molecule has 1 fully saturated rings. The highest BCUT2D eigenvalue weighted by atomic mass is 16.7. The Hall–Kier alpha value is -4.83. The van der Waals surface area contributed by atoms with Gasteiger partial charge in [-0.3, -0.25) is 4.79 Å². The maximum Gasteiger partial charge on any atom is 0.251 e. The van der Waals surface area contributed by atoms with Gasteiger partial charge in [0.2, 0.25) is 0 Å². The number of aliphatic hydroxyl groups excluding tert-OH is 2. The first-order valence-electron chi connectivity index (χ1n) is 17.0. The van der Waals surface area contributed by atoms with Crippen molar-refractivity contribution in [1.29, 1.82) is 0 Å². The van der Waals surface area contributed by atoms with Crippen LogP contribution in [0.5, 0.6) is 5.75 Å². The van der Waals surface area contributed by atoms with E-state index in [1.54, 1.807) is 36.4 Å². The molecule has 4 N–H and O–H groups in total. The lowest BCUT2D eigenvalue weighted by Crippen LogP contribution is -2.44. The third-order valence-electron chi connectivity index (χ3n) is 9.29. The number of carbonyl (C=O) groups is 1. The molecule has 8 nitrogen and oxygen atoms in total. The van der Waals surface area contributed by atoms with E-state index in [1.807, 2.05) is 78.7 Å². The molecule has 0 bridgehead atoms. The van der Waals surface area contributed by atoms with Crippen molar-refractivity contribution in [2.24, 2.45) is 5.92 Å². The maximum absolute atomic E-state index is 12.6. The average Bonchev–Trinajstić information content (AvgIpc) is 3.15. The molecule has 258 valence electrons. The third-order valence-corrected chi connectivity index (χ3v) is 9.29. The van der Waals surface area contributed by atoms with Crippen LogP contribution < -0.4 is 5.32 Å². The van der Waals surface area contributed by atoms with Crippen LogP contribution in [0.25, 0.3) is 11.1 Å². The zero-order valence-electron chi connectivity index (χ0n) is 28.4. The number of phenols is 1. The molecule has 8 heteroatoms. The van der Waals surface area contributed by atoms with Crippen LogP contribution in [-0.2, 0) is 22.6 Å². The number of aliphatic hydroxyl groups is 2. The SMILES string of the molecule is C[C@H]1[C@@H](CN(C)C[C@@H](O)c2cccc(O)c2)O[C@@H](c2ccc(-c3cccc(CNC(=O)c4ccccc4)c3)cc2)O[C@H]1c1ccc(CO)cc1. The Morgan fingerprint density at radius 2 is 1.52 bits per heavy atom. The van der Waals surface area contributed by atoms with Gasteiger partial charge < -0.3 is 35.0 Å². The molecular formula is C42H44N2O6. The van der Waals surface area contributed by atoms with Gasteiger partial charge in [-0.05, 0) is 70.8 Å². The average molecular weight is 673 g/mol. The summed E-state index contributed by atoms with van der Waals surface area (Å²) in [6.45, 7) is 3.42. The fourth-order valence-corrected chi connectivity index (χ4v) is 6.41. The number of ether oxygens (including phenoxy) is 2. The minimum absolute atomic E-state index is 0.0176. The smallest absolute Gasteiger partial charge is 0.251 e. The van der Waals surface area contributed by atoms with E-state index < -0.39 is 12.4 Å². The van der Waals surface area contributed by atoms with Gasteiger partial charge in [-0.15, -0.1) is 0 Å². The molecule has 1 aliphatic heterocycles. The van der Waals surface area contributed by atoms with E-state index in [2.05, 4.69) is 36.5 Å². The minimum Gasteiger partial charge on any atom is -0.508 e. The number of amides is 1. The highest BCUT2D eigenvalue weighted by molar-refractivity contribution is 5.94. The zero-order valence-corrected chi connectivity index (χ0v) is 28.4. The third kappa shape index (κ3) is 8.66. The summed E-state index contributed by atoms with van der Waals surface area (Å²) >= 11 is 0. The number of likely N-dealkylation sites (N-methyl/N-ethyl adjacent to an activating group) is 1. The topological polar surface area (TPSA) is 111 Å². The number of benzene rings is 5. The van der Waals surface area contributed by atoms with Gasteiger partial charge in [-0.1, -0.05) is 104 Å². The van der Waals surface area contributed by atoms with Crippen LogP contribution in [0.3, 0.4) is 0 Å². The van der Waals surface area contributed by atoms with Gasteiger partial charge in [0.05, 0.1) is 24.9 Å². The molecule has 5 aromatic carbocycles. The van der Waals surface area contributed by atoms with Crippen molar-refractivity contribution in [2.75, 3.05) is 20.1 Å². The Morgan fingerprint density at radius 3 is 2.24 bits per heavy atom. The summed E-state index contributed by atoms with van der Waals surface area (Å²) in [5.41, 5.74) is 7.07. The standard InChI is InChI=1S/C42H44N2O6/c1-28-39(26-44(2)25-38(47)36-12-7-13-37(46)23-36)49-42(50-40(28)32-16-14-29(27-45)15-17-32)34-20-18-31(19-21-34)35-11-6-8-30(22-35)24-43-41(48)33-9-4-3-5-10-33/h3-23,28,38-40,42,45-47H,24-27H2,1-2H3,(H,43,48)/t28-,38+,39+,40+,42+/m0/s1. The maximum atomic E-state index is 12.6. The number of hydrogen-bond donors (Lipinski definition) is 4. The van der Waals surface area contributed by atoms with E-state index >= 15 is 0 Å². The van der Waals surface area contributed by atoms with Crippen molar-refractivity contribution in [1.82, 2.24) is 10.2 Å². The number of nitrogens with zero attached hydrogens (tertiary/aromatic N) is 1. The van der Waals surface area contributed by atoms with E-state index in [0.29, 0.717) is 30.8 Å². The second-order valence-electron chi connectivity index (χ2n) is 13.0. The second-order valence-corrected chi connectivity index (χ2v) is 13.0. The summed E-state index contributed by atoms with van der Waals surface area (Å²) in [4.78, 5) is 14.6. The Morgan fingerprint density at radius 1 is 0.800 bits per heavy atom. The van der Waals surface area contributed by atoms with Gasteiger partial charge in [0, 0.05) is 36.7 Å². The van der Waals surface area contributed by atoms with Gasteiger partial charge in [-0.2, -0.15) is 0 Å². The van der Waals surface area contributed by atoms with E-state index in [4.69, 9.17) is 9.47 Å². The number of hydrogen-bond acceptors (Lipinski definition) is 7. The molecular weight excluding hydrogens is 628 g/mol. The predicted octanol–water partition coefficient (Wildman–Crippen LogP) is 6.94. The summed E-state index contributed by atoms with van der Waals surface area (Å²) in [6, 6.07) is 40.0. The first-order chi connectivity index (χ1) is 24.3. The Kier molecular flexibility index (Phi) is 11.4. The summed E-state index contributed by atoms with van der Waals surface area (Å²) in [7, 11) is 1.95. The van der Waals surface area contributed by atoms with Crippen molar-refractivity contribution < 1.29 is 29.6 Å². The number of aromatic hydroxyl groups is 1. The van der Waals surface area contributed by atoms with Gasteiger partial charge in [0.15, 0.2) is 6.29 Å². The van der Waals surface area contributed by atoms with E-state index in [9.17, 15) is 20.1 Å². The fourth-order valence-electron chi connectivity index (χ4n) is 6.41. The Balaban J connectivity index is 1.17. The van der Waals surface area contributed by atoms with Crippen LogP contribution >= 0.6 is 0 Å². The van der Waals surface area contributed by atoms with Crippen LogP contribution in [0.1, 0.15) is 63.6 Å². The van der Waals surface area contributed by atoms with Gasteiger partial charge in [0.25, 0.3) is 5.91 Å². The van der Waals surface area contributed by atoms with Gasteiger partial charge >= 0.3 is 0 Å².